The van der Waals surface area contributed by atoms with Gasteiger partial charge in [-0.2, -0.15) is 0 Å². The molecule has 7 heteroatoms. The molecule has 7 nitrogen and oxygen atoms in total. The van der Waals surface area contributed by atoms with Crippen LogP contribution in [0.25, 0.3) is 0 Å². The summed E-state index contributed by atoms with van der Waals surface area (Å²) in [6, 6.07) is 7.54. The van der Waals surface area contributed by atoms with E-state index in [1.165, 1.54) is 6.26 Å². The van der Waals surface area contributed by atoms with Gasteiger partial charge in [-0.1, -0.05) is 6.07 Å². The zero-order valence-corrected chi connectivity index (χ0v) is 14.6. The number of amides is 2. The zero-order valence-electron chi connectivity index (χ0n) is 14.6. The largest absolute Gasteiger partial charge is 0.497 e. The second kappa shape index (κ2) is 6.82. The van der Waals surface area contributed by atoms with Crippen molar-refractivity contribution in [2.75, 3.05) is 7.11 Å². The monoisotopic (exact) mass is 355 g/mol. The predicted molar refractivity (Wildman–Crippen MR) is 92.9 cm³/mol. The number of hydrogen-bond donors (Lipinski definition) is 1. The Balaban J connectivity index is 1.47. The van der Waals surface area contributed by atoms with Gasteiger partial charge in [-0.05, 0) is 43.9 Å². The smallest absolute Gasteiger partial charge is 0.273 e. The Kier molecular flexibility index (Phi) is 4.36. The van der Waals surface area contributed by atoms with Crippen molar-refractivity contribution in [1.29, 1.82) is 0 Å². The van der Waals surface area contributed by atoms with Gasteiger partial charge >= 0.3 is 0 Å². The number of oxazole rings is 1. The standard InChI is InChI=1S/C19H21N3O4/c1-25-15-4-2-3-12(9-15)19(24)22(14-7-8-14)10-17-21-16(11-26-17)18(23)20-13-5-6-13/h2-4,9,11,13-14H,5-8,10H2,1H3,(H,20,23). The highest BCUT2D eigenvalue weighted by Gasteiger charge is 2.34. The molecule has 26 heavy (non-hydrogen) atoms. The van der Waals surface area contributed by atoms with Crippen molar-refractivity contribution in [3.05, 3.63) is 47.7 Å². The lowest BCUT2D eigenvalue weighted by Gasteiger charge is -2.21. The van der Waals surface area contributed by atoms with E-state index in [1.807, 2.05) is 0 Å². The summed E-state index contributed by atoms with van der Waals surface area (Å²) in [5.74, 6) is 0.698. The van der Waals surface area contributed by atoms with Crippen LogP contribution < -0.4 is 10.1 Å². The topological polar surface area (TPSA) is 84.7 Å². The van der Waals surface area contributed by atoms with Gasteiger partial charge in [0.2, 0.25) is 5.89 Å². The van der Waals surface area contributed by atoms with E-state index in [2.05, 4.69) is 10.3 Å². The van der Waals surface area contributed by atoms with E-state index < -0.39 is 0 Å². The maximum atomic E-state index is 12.9. The molecule has 136 valence electrons. The van der Waals surface area contributed by atoms with Crippen molar-refractivity contribution in [2.45, 2.75) is 44.3 Å². The molecular formula is C19H21N3O4. The molecule has 0 bridgehead atoms. The van der Waals surface area contributed by atoms with Gasteiger partial charge in [0, 0.05) is 17.6 Å². The van der Waals surface area contributed by atoms with E-state index in [0.29, 0.717) is 17.2 Å². The molecule has 1 heterocycles. The van der Waals surface area contributed by atoms with Crippen molar-refractivity contribution in [2.24, 2.45) is 0 Å². The van der Waals surface area contributed by atoms with E-state index in [0.717, 1.165) is 25.7 Å². The van der Waals surface area contributed by atoms with Gasteiger partial charge in [-0.25, -0.2) is 4.98 Å². The highest BCUT2D eigenvalue weighted by Crippen LogP contribution is 2.30. The molecule has 0 spiro atoms. The average Bonchev–Trinajstić information content (AvgIpc) is 3.59. The molecule has 2 aliphatic carbocycles. The highest BCUT2D eigenvalue weighted by molar-refractivity contribution is 5.95. The Bertz CT molecular complexity index is 824. The molecule has 2 amide bonds. The average molecular weight is 355 g/mol. The Morgan fingerprint density at radius 1 is 1.31 bits per heavy atom. The van der Waals surface area contributed by atoms with Crippen molar-refractivity contribution in [1.82, 2.24) is 15.2 Å². The number of hydrogen-bond acceptors (Lipinski definition) is 5. The van der Waals surface area contributed by atoms with Crippen LogP contribution in [0.4, 0.5) is 0 Å². The van der Waals surface area contributed by atoms with E-state index in [1.54, 1.807) is 36.3 Å². The lowest BCUT2D eigenvalue weighted by Crippen LogP contribution is -2.32. The van der Waals surface area contributed by atoms with Gasteiger partial charge in [0.05, 0.1) is 13.7 Å². The molecule has 1 N–H and O–H groups in total. The number of nitrogens with zero attached hydrogens (tertiary/aromatic N) is 2. The van der Waals surface area contributed by atoms with Crippen molar-refractivity contribution >= 4 is 11.8 Å². The molecule has 0 aliphatic heterocycles. The summed E-state index contributed by atoms with van der Waals surface area (Å²) in [7, 11) is 1.57. The number of carbonyl (C=O) groups is 2. The van der Waals surface area contributed by atoms with Crippen LogP contribution in [0.3, 0.4) is 0 Å². The molecule has 2 saturated carbocycles. The molecule has 4 rings (SSSR count). The van der Waals surface area contributed by atoms with Crippen molar-refractivity contribution in [3.8, 4) is 5.75 Å². The van der Waals surface area contributed by atoms with Gasteiger partial charge in [0.15, 0.2) is 5.69 Å². The van der Waals surface area contributed by atoms with Crippen LogP contribution in [0, 0.1) is 0 Å². The second-order valence-electron chi connectivity index (χ2n) is 6.77. The highest BCUT2D eigenvalue weighted by atomic mass is 16.5. The molecule has 0 saturated heterocycles. The summed E-state index contributed by atoms with van der Waals surface area (Å²) in [4.78, 5) is 31.0. The molecule has 2 aromatic rings. The van der Waals surface area contributed by atoms with Gasteiger partial charge < -0.3 is 19.4 Å². The van der Waals surface area contributed by atoms with Crippen molar-refractivity contribution < 1.29 is 18.7 Å². The maximum absolute atomic E-state index is 12.9. The van der Waals surface area contributed by atoms with Gasteiger partial charge in [-0.15, -0.1) is 0 Å². The van der Waals surface area contributed by atoms with Gasteiger partial charge in [0.25, 0.3) is 11.8 Å². The number of methoxy groups -OCH3 is 1. The number of carbonyl (C=O) groups excluding carboxylic acids is 2. The Morgan fingerprint density at radius 2 is 2.12 bits per heavy atom. The minimum atomic E-state index is -0.223. The number of nitrogens with one attached hydrogen (secondary N) is 1. The SMILES string of the molecule is COc1cccc(C(=O)N(Cc2nc(C(=O)NC3CC3)co2)C2CC2)c1. The van der Waals surface area contributed by atoms with E-state index >= 15 is 0 Å². The van der Waals surface area contributed by atoms with Crippen LogP contribution in [0.2, 0.25) is 0 Å². The Hall–Kier alpha value is -2.83. The minimum absolute atomic E-state index is 0.0893. The van der Waals surface area contributed by atoms with Crippen LogP contribution in [0.5, 0.6) is 5.75 Å². The first-order chi connectivity index (χ1) is 12.6. The molecule has 1 aromatic heterocycles. The number of benzene rings is 1. The van der Waals surface area contributed by atoms with E-state index in [-0.39, 0.29) is 36.1 Å². The molecule has 0 radical (unpaired) electrons. The lowest BCUT2D eigenvalue weighted by atomic mass is 10.2. The third-order valence-electron chi connectivity index (χ3n) is 4.57. The van der Waals surface area contributed by atoms with Gasteiger partial charge in [-0.3, -0.25) is 9.59 Å². The van der Waals surface area contributed by atoms with Crippen LogP contribution in [-0.2, 0) is 6.54 Å². The summed E-state index contributed by atoms with van der Waals surface area (Å²) in [5, 5.41) is 2.88. The van der Waals surface area contributed by atoms with E-state index in [4.69, 9.17) is 9.15 Å². The summed E-state index contributed by atoms with van der Waals surface area (Å²) in [6.45, 7) is 0.247. The second-order valence-corrected chi connectivity index (χ2v) is 6.77. The summed E-state index contributed by atoms with van der Waals surface area (Å²) in [6.07, 6.45) is 5.31. The third-order valence-corrected chi connectivity index (χ3v) is 4.57. The molecule has 2 aliphatic rings. The number of aromatic nitrogens is 1. The van der Waals surface area contributed by atoms with Crippen LogP contribution in [-0.4, -0.2) is 40.9 Å². The fourth-order valence-electron chi connectivity index (χ4n) is 2.80. The first-order valence-electron chi connectivity index (χ1n) is 8.84. The summed E-state index contributed by atoms with van der Waals surface area (Å²) < 4.78 is 10.6. The zero-order chi connectivity index (χ0) is 18.1. The minimum Gasteiger partial charge on any atom is -0.497 e. The fraction of sp³-hybridized carbons (Fsp3) is 0.421. The van der Waals surface area contributed by atoms with Crippen molar-refractivity contribution in [3.63, 3.8) is 0 Å². The van der Waals surface area contributed by atoms with E-state index in [9.17, 15) is 9.59 Å². The van der Waals surface area contributed by atoms with Crippen LogP contribution in [0.15, 0.2) is 34.9 Å². The Morgan fingerprint density at radius 3 is 2.81 bits per heavy atom. The first-order valence-corrected chi connectivity index (χ1v) is 8.84. The molecular weight excluding hydrogens is 334 g/mol. The molecule has 2 fully saturated rings. The number of ether oxygens (including phenoxy) is 1. The quantitative estimate of drug-likeness (QED) is 0.824. The lowest BCUT2D eigenvalue weighted by molar-refractivity contribution is 0.0714. The maximum Gasteiger partial charge on any atom is 0.273 e. The Labute approximate surface area is 151 Å². The molecule has 0 unspecified atom stereocenters. The molecule has 1 aromatic carbocycles. The normalized spacial score (nSPS) is 16.2. The third kappa shape index (κ3) is 3.71. The molecule has 0 atom stereocenters. The van der Waals surface area contributed by atoms with Crippen LogP contribution >= 0.6 is 0 Å². The number of rotatable bonds is 7. The fourth-order valence-corrected chi connectivity index (χ4v) is 2.80. The predicted octanol–water partition coefficient (Wildman–Crippen LogP) is 2.38. The van der Waals surface area contributed by atoms with Gasteiger partial charge in [0.1, 0.15) is 12.0 Å². The first kappa shape index (κ1) is 16.6. The van der Waals surface area contributed by atoms with Crippen LogP contribution in [0.1, 0.15) is 52.4 Å². The summed E-state index contributed by atoms with van der Waals surface area (Å²) in [5.41, 5.74) is 0.825. The summed E-state index contributed by atoms with van der Waals surface area (Å²) >= 11 is 0.